The van der Waals surface area contributed by atoms with Gasteiger partial charge < -0.3 is 5.73 Å². The van der Waals surface area contributed by atoms with Gasteiger partial charge in [0.1, 0.15) is 0 Å². The van der Waals surface area contributed by atoms with E-state index in [0.29, 0.717) is 17.9 Å². The number of hydrogen-bond donors (Lipinski definition) is 2. The predicted molar refractivity (Wildman–Crippen MR) is 63.0 cm³/mol. The molecule has 16 heavy (non-hydrogen) atoms. The Hall–Kier alpha value is -0.170. The first kappa shape index (κ1) is 12.3. The maximum absolute atomic E-state index is 11.7. The zero-order chi connectivity index (χ0) is 11.9. The summed E-state index contributed by atoms with van der Waals surface area (Å²) in [6, 6.07) is 0.441. The lowest BCUT2D eigenvalue weighted by molar-refractivity contribution is 0.457. The quantitative estimate of drug-likeness (QED) is 0.731. The molecule has 0 aliphatic heterocycles. The maximum atomic E-state index is 11.7. The standard InChI is InChI=1S/C10H21N3O2S/c1-13(2)16(14,15)12-10-5-7-3-9(11)4-8(7)6-10/h7-10,12H,3-6,11H2,1-2H3. The smallest absolute Gasteiger partial charge is 0.279 e. The van der Waals surface area contributed by atoms with E-state index in [1.807, 2.05) is 0 Å². The van der Waals surface area contributed by atoms with Crippen molar-refractivity contribution in [2.45, 2.75) is 37.8 Å². The molecule has 0 amide bonds. The number of fused-ring (bicyclic) bond motifs is 1. The van der Waals surface area contributed by atoms with E-state index in [1.54, 1.807) is 14.1 Å². The van der Waals surface area contributed by atoms with Gasteiger partial charge in [0.2, 0.25) is 0 Å². The lowest BCUT2D eigenvalue weighted by Gasteiger charge is -2.18. The summed E-state index contributed by atoms with van der Waals surface area (Å²) >= 11 is 0. The summed E-state index contributed by atoms with van der Waals surface area (Å²) < 4.78 is 27.3. The highest BCUT2D eigenvalue weighted by Crippen LogP contribution is 2.43. The monoisotopic (exact) mass is 247 g/mol. The van der Waals surface area contributed by atoms with E-state index in [9.17, 15) is 8.42 Å². The molecule has 2 atom stereocenters. The fourth-order valence-corrected chi connectivity index (χ4v) is 3.90. The molecule has 0 aromatic rings. The Morgan fingerprint density at radius 1 is 1.12 bits per heavy atom. The highest BCUT2D eigenvalue weighted by molar-refractivity contribution is 7.87. The van der Waals surface area contributed by atoms with Crippen LogP contribution in [0, 0.1) is 11.8 Å². The molecular formula is C10H21N3O2S. The summed E-state index contributed by atoms with van der Waals surface area (Å²) in [7, 11) is -0.175. The van der Waals surface area contributed by atoms with E-state index < -0.39 is 10.2 Å². The van der Waals surface area contributed by atoms with Crippen LogP contribution in [0.1, 0.15) is 25.7 Å². The summed E-state index contributed by atoms with van der Waals surface area (Å²) in [5.41, 5.74) is 5.90. The third-order valence-corrected chi connectivity index (χ3v) is 5.44. The van der Waals surface area contributed by atoms with Gasteiger partial charge >= 0.3 is 0 Å². The average molecular weight is 247 g/mol. The molecule has 5 nitrogen and oxygen atoms in total. The Bertz CT molecular complexity index is 341. The van der Waals surface area contributed by atoms with Crippen LogP contribution in [0.4, 0.5) is 0 Å². The molecule has 2 saturated carbocycles. The van der Waals surface area contributed by atoms with Crippen LogP contribution in [0.5, 0.6) is 0 Å². The van der Waals surface area contributed by atoms with Gasteiger partial charge in [-0.1, -0.05) is 0 Å². The highest BCUT2D eigenvalue weighted by atomic mass is 32.2. The largest absolute Gasteiger partial charge is 0.328 e. The van der Waals surface area contributed by atoms with Crippen molar-refractivity contribution >= 4 is 10.2 Å². The molecule has 0 heterocycles. The zero-order valence-electron chi connectivity index (χ0n) is 9.89. The SMILES string of the molecule is CN(C)S(=O)(=O)NC1CC2CC(N)CC2C1. The van der Waals surface area contributed by atoms with Crippen LogP contribution in [0.3, 0.4) is 0 Å². The van der Waals surface area contributed by atoms with Crippen molar-refractivity contribution in [1.29, 1.82) is 0 Å². The summed E-state index contributed by atoms with van der Waals surface area (Å²) in [5, 5.41) is 0. The first-order valence-corrected chi connectivity index (χ1v) is 7.28. The third-order valence-electron chi connectivity index (χ3n) is 3.85. The molecule has 2 rings (SSSR count). The molecule has 6 heteroatoms. The number of nitrogens with two attached hydrogens (primary N) is 1. The van der Waals surface area contributed by atoms with Gasteiger partial charge in [0, 0.05) is 26.2 Å². The second-order valence-corrected chi connectivity index (χ2v) is 7.24. The Kier molecular flexibility index (Phi) is 3.27. The molecule has 0 aromatic carbocycles. The van der Waals surface area contributed by atoms with Gasteiger partial charge in [0.15, 0.2) is 0 Å². The van der Waals surface area contributed by atoms with Crippen LogP contribution in [0.25, 0.3) is 0 Å². The second-order valence-electron chi connectivity index (χ2n) is 5.33. The number of nitrogens with one attached hydrogen (secondary N) is 1. The van der Waals surface area contributed by atoms with E-state index in [4.69, 9.17) is 5.73 Å². The lowest BCUT2D eigenvalue weighted by Crippen LogP contribution is -2.41. The van der Waals surface area contributed by atoms with E-state index in [1.165, 1.54) is 4.31 Å². The molecule has 94 valence electrons. The van der Waals surface area contributed by atoms with Crippen molar-refractivity contribution < 1.29 is 8.42 Å². The minimum absolute atomic E-state index is 0.106. The van der Waals surface area contributed by atoms with Crippen LogP contribution in [0.15, 0.2) is 0 Å². The predicted octanol–water partition coefficient (Wildman–Crippen LogP) is -0.102. The van der Waals surface area contributed by atoms with Gasteiger partial charge in [-0.2, -0.15) is 17.4 Å². The van der Waals surface area contributed by atoms with E-state index in [2.05, 4.69) is 4.72 Å². The van der Waals surface area contributed by atoms with Crippen LogP contribution < -0.4 is 10.5 Å². The topological polar surface area (TPSA) is 75.4 Å². The molecule has 0 spiro atoms. The highest BCUT2D eigenvalue weighted by Gasteiger charge is 2.41. The van der Waals surface area contributed by atoms with Gasteiger partial charge in [-0.3, -0.25) is 0 Å². The average Bonchev–Trinajstić information content (AvgIpc) is 2.59. The second kappa shape index (κ2) is 4.25. The van der Waals surface area contributed by atoms with Crippen molar-refractivity contribution in [3.05, 3.63) is 0 Å². The normalized spacial score (nSPS) is 39.2. The first-order chi connectivity index (χ1) is 7.38. The molecule has 0 bridgehead atoms. The van der Waals surface area contributed by atoms with Crippen LogP contribution in [0.2, 0.25) is 0 Å². The molecule has 0 saturated heterocycles. The molecule has 2 fully saturated rings. The summed E-state index contributed by atoms with van der Waals surface area (Å²) in [4.78, 5) is 0. The molecule has 3 N–H and O–H groups in total. The number of rotatable bonds is 3. The summed E-state index contributed by atoms with van der Waals surface area (Å²) in [6.45, 7) is 0. The van der Waals surface area contributed by atoms with Gasteiger partial charge in [0.25, 0.3) is 10.2 Å². The van der Waals surface area contributed by atoms with Crippen LogP contribution in [-0.2, 0) is 10.2 Å². The fraction of sp³-hybridized carbons (Fsp3) is 1.00. The van der Waals surface area contributed by atoms with Gasteiger partial charge in [-0.05, 0) is 37.5 Å². The van der Waals surface area contributed by atoms with E-state index >= 15 is 0 Å². The van der Waals surface area contributed by atoms with E-state index in [-0.39, 0.29) is 6.04 Å². The molecular weight excluding hydrogens is 226 g/mol. The molecule has 0 radical (unpaired) electrons. The van der Waals surface area contributed by atoms with Crippen LogP contribution >= 0.6 is 0 Å². The molecule has 0 aromatic heterocycles. The van der Waals surface area contributed by atoms with E-state index in [0.717, 1.165) is 25.7 Å². The van der Waals surface area contributed by atoms with Crippen molar-refractivity contribution in [1.82, 2.24) is 9.03 Å². The molecule has 2 aliphatic rings. The zero-order valence-corrected chi connectivity index (χ0v) is 10.7. The van der Waals surface area contributed by atoms with Gasteiger partial charge in [0.05, 0.1) is 0 Å². The lowest BCUT2D eigenvalue weighted by atomic mass is 10.0. The molecule has 2 unspecified atom stereocenters. The number of nitrogens with zero attached hydrogens (tertiary/aromatic N) is 1. The van der Waals surface area contributed by atoms with Crippen molar-refractivity contribution in [3.63, 3.8) is 0 Å². The Morgan fingerprint density at radius 3 is 2.06 bits per heavy atom. The minimum Gasteiger partial charge on any atom is -0.328 e. The Balaban J connectivity index is 1.92. The number of hydrogen-bond acceptors (Lipinski definition) is 3. The van der Waals surface area contributed by atoms with Gasteiger partial charge in [-0.15, -0.1) is 0 Å². The third kappa shape index (κ3) is 2.40. The Labute approximate surface area is 97.6 Å². The van der Waals surface area contributed by atoms with Crippen molar-refractivity contribution in [2.24, 2.45) is 17.6 Å². The van der Waals surface area contributed by atoms with Crippen molar-refractivity contribution in [3.8, 4) is 0 Å². The first-order valence-electron chi connectivity index (χ1n) is 5.84. The Morgan fingerprint density at radius 2 is 1.62 bits per heavy atom. The minimum atomic E-state index is -3.27. The van der Waals surface area contributed by atoms with Gasteiger partial charge in [-0.25, -0.2) is 0 Å². The summed E-state index contributed by atoms with van der Waals surface area (Å²) in [5.74, 6) is 1.26. The van der Waals surface area contributed by atoms with Crippen molar-refractivity contribution in [2.75, 3.05) is 14.1 Å². The molecule has 2 aliphatic carbocycles. The maximum Gasteiger partial charge on any atom is 0.279 e. The fourth-order valence-electron chi connectivity index (χ4n) is 3.08. The summed E-state index contributed by atoms with van der Waals surface area (Å²) in [6.07, 6.45) is 4.02. The van der Waals surface area contributed by atoms with Crippen LogP contribution in [-0.4, -0.2) is 38.9 Å².